The minimum atomic E-state index is -0.00643. The van der Waals surface area contributed by atoms with Crippen molar-refractivity contribution in [1.82, 2.24) is 0 Å². The largest absolute Gasteiger partial charge is 0.493 e. The maximum atomic E-state index is 6.08. The van der Waals surface area contributed by atoms with Crippen molar-refractivity contribution in [2.75, 3.05) is 13.7 Å². The maximum Gasteiger partial charge on any atom is 0.161 e. The number of ether oxygens (including phenoxy) is 2. The molecule has 1 aromatic carbocycles. The summed E-state index contributed by atoms with van der Waals surface area (Å²) in [6.07, 6.45) is 0.984. The van der Waals surface area contributed by atoms with Crippen LogP contribution in [0.15, 0.2) is 18.2 Å². The highest BCUT2D eigenvalue weighted by atomic mass is 16.5. The van der Waals surface area contributed by atoms with Gasteiger partial charge in [0.15, 0.2) is 11.5 Å². The molecule has 0 heterocycles. The number of nitrogens with two attached hydrogens (primary N) is 1. The normalized spacial score (nSPS) is 13.2. The maximum absolute atomic E-state index is 6.08. The van der Waals surface area contributed by atoms with E-state index in [1.807, 2.05) is 12.1 Å². The van der Waals surface area contributed by atoms with Crippen LogP contribution in [0, 0.1) is 5.41 Å². The van der Waals surface area contributed by atoms with E-state index in [-0.39, 0.29) is 11.5 Å². The topological polar surface area (TPSA) is 44.5 Å². The first-order valence-corrected chi connectivity index (χ1v) is 6.43. The second kappa shape index (κ2) is 6.10. The summed E-state index contributed by atoms with van der Waals surface area (Å²) in [7, 11) is 1.66. The zero-order chi connectivity index (χ0) is 13.8. The molecule has 0 radical (unpaired) electrons. The smallest absolute Gasteiger partial charge is 0.161 e. The molecule has 0 saturated heterocycles. The Balaban J connectivity index is 2.73. The van der Waals surface area contributed by atoms with Gasteiger partial charge >= 0.3 is 0 Å². The number of methoxy groups -OCH3 is 1. The number of benzene rings is 1. The van der Waals surface area contributed by atoms with Gasteiger partial charge in [-0.2, -0.15) is 0 Å². The van der Waals surface area contributed by atoms with Crippen LogP contribution in [0.5, 0.6) is 11.5 Å². The van der Waals surface area contributed by atoms with E-state index in [1.54, 1.807) is 7.11 Å². The van der Waals surface area contributed by atoms with E-state index in [0.717, 1.165) is 17.9 Å². The molecular formula is C15H25NO2. The molecule has 1 unspecified atom stereocenters. The van der Waals surface area contributed by atoms with Gasteiger partial charge in [-0.15, -0.1) is 0 Å². The van der Waals surface area contributed by atoms with Crippen LogP contribution in [0.2, 0.25) is 0 Å². The molecule has 0 aliphatic rings. The van der Waals surface area contributed by atoms with E-state index in [0.29, 0.717) is 6.61 Å². The first kappa shape index (κ1) is 14.8. The zero-order valence-corrected chi connectivity index (χ0v) is 12.1. The molecule has 0 amide bonds. The summed E-state index contributed by atoms with van der Waals surface area (Å²) in [4.78, 5) is 0. The number of aryl methyl sites for hydroxylation is 1. The molecule has 1 aromatic rings. The van der Waals surface area contributed by atoms with Crippen molar-refractivity contribution in [1.29, 1.82) is 0 Å². The van der Waals surface area contributed by atoms with Crippen LogP contribution in [-0.4, -0.2) is 19.8 Å². The van der Waals surface area contributed by atoms with Crippen LogP contribution in [0.25, 0.3) is 0 Å². The standard InChI is InChI=1S/C15H25NO2/c1-6-11-7-8-12(13(9-11)17-5)18-10-14(16)15(2,3)4/h7-9,14H,6,10,16H2,1-5H3. The molecule has 1 atom stereocenters. The Morgan fingerprint density at radius 2 is 1.89 bits per heavy atom. The lowest BCUT2D eigenvalue weighted by Gasteiger charge is -2.27. The van der Waals surface area contributed by atoms with Gasteiger partial charge in [-0.25, -0.2) is 0 Å². The average molecular weight is 251 g/mol. The van der Waals surface area contributed by atoms with Gasteiger partial charge in [-0.3, -0.25) is 0 Å². The third kappa shape index (κ3) is 3.91. The summed E-state index contributed by atoms with van der Waals surface area (Å²) >= 11 is 0. The fourth-order valence-electron chi connectivity index (χ4n) is 1.48. The van der Waals surface area contributed by atoms with Crippen molar-refractivity contribution in [2.24, 2.45) is 11.1 Å². The van der Waals surface area contributed by atoms with Crippen molar-refractivity contribution in [3.05, 3.63) is 23.8 Å². The molecule has 0 aromatic heterocycles. The van der Waals surface area contributed by atoms with E-state index >= 15 is 0 Å². The fourth-order valence-corrected chi connectivity index (χ4v) is 1.48. The molecule has 0 saturated carbocycles. The minimum Gasteiger partial charge on any atom is -0.493 e. The summed E-state index contributed by atoms with van der Waals surface area (Å²) in [6, 6.07) is 6.01. The van der Waals surface area contributed by atoms with Crippen molar-refractivity contribution in [3.8, 4) is 11.5 Å². The third-order valence-electron chi connectivity index (χ3n) is 3.17. The SMILES string of the molecule is CCc1ccc(OCC(N)C(C)(C)C)c(OC)c1. The van der Waals surface area contributed by atoms with Gasteiger partial charge in [0.05, 0.1) is 7.11 Å². The Morgan fingerprint density at radius 1 is 1.22 bits per heavy atom. The molecule has 0 fully saturated rings. The van der Waals surface area contributed by atoms with Crippen molar-refractivity contribution in [3.63, 3.8) is 0 Å². The monoisotopic (exact) mass is 251 g/mol. The van der Waals surface area contributed by atoms with Gasteiger partial charge in [0.25, 0.3) is 0 Å². The van der Waals surface area contributed by atoms with E-state index in [9.17, 15) is 0 Å². The molecule has 3 heteroatoms. The third-order valence-corrected chi connectivity index (χ3v) is 3.17. The van der Waals surface area contributed by atoms with Gasteiger partial charge in [0.2, 0.25) is 0 Å². The Hall–Kier alpha value is -1.22. The van der Waals surface area contributed by atoms with E-state index in [2.05, 4.69) is 33.8 Å². The van der Waals surface area contributed by atoms with Crippen molar-refractivity contribution >= 4 is 0 Å². The van der Waals surface area contributed by atoms with Gasteiger partial charge in [0, 0.05) is 6.04 Å². The van der Waals surface area contributed by atoms with Crippen LogP contribution in [-0.2, 0) is 6.42 Å². The minimum absolute atomic E-state index is 0.00643. The molecule has 0 aliphatic heterocycles. The Kier molecular flexibility index (Phi) is 5.03. The highest BCUT2D eigenvalue weighted by Crippen LogP contribution is 2.29. The van der Waals surface area contributed by atoms with Crippen molar-refractivity contribution in [2.45, 2.75) is 40.2 Å². The second-order valence-electron chi connectivity index (χ2n) is 5.62. The molecule has 0 spiro atoms. The molecular weight excluding hydrogens is 226 g/mol. The summed E-state index contributed by atoms with van der Waals surface area (Å²) in [5.41, 5.74) is 7.35. The van der Waals surface area contributed by atoms with E-state index in [1.165, 1.54) is 5.56 Å². The molecule has 18 heavy (non-hydrogen) atoms. The molecule has 3 nitrogen and oxygen atoms in total. The lowest BCUT2D eigenvalue weighted by atomic mass is 9.88. The first-order chi connectivity index (χ1) is 8.38. The number of rotatable bonds is 5. The summed E-state index contributed by atoms with van der Waals surface area (Å²) in [6.45, 7) is 8.94. The van der Waals surface area contributed by atoms with Crippen LogP contribution in [0.4, 0.5) is 0 Å². The lowest BCUT2D eigenvalue weighted by Crippen LogP contribution is -2.40. The molecule has 1 rings (SSSR count). The lowest BCUT2D eigenvalue weighted by molar-refractivity contribution is 0.200. The van der Waals surface area contributed by atoms with Crippen LogP contribution < -0.4 is 15.2 Å². The highest BCUT2D eigenvalue weighted by Gasteiger charge is 2.21. The van der Waals surface area contributed by atoms with Crippen LogP contribution in [0.3, 0.4) is 0 Å². The van der Waals surface area contributed by atoms with Crippen LogP contribution in [0.1, 0.15) is 33.3 Å². The van der Waals surface area contributed by atoms with Gasteiger partial charge in [-0.1, -0.05) is 33.8 Å². The Morgan fingerprint density at radius 3 is 2.39 bits per heavy atom. The Bertz CT molecular complexity index is 383. The number of hydrogen-bond donors (Lipinski definition) is 1. The second-order valence-corrected chi connectivity index (χ2v) is 5.62. The average Bonchev–Trinajstić information content (AvgIpc) is 2.34. The summed E-state index contributed by atoms with van der Waals surface area (Å²) in [5, 5.41) is 0. The quantitative estimate of drug-likeness (QED) is 0.875. The van der Waals surface area contributed by atoms with Crippen molar-refractivity contribution < 1.29 is 9.47 Å². The number of hydrogen-bond acceptors (Lipinski definition) is 3. The van der Waals surface area contributed by atoms with E-state index < -0.39 is 0 Å². The van der Waals surface area contributed by atoms with Crippen LogP contribution >= 0.6 is 0 Å². The predicted octanol–water partition coefficient (Wildman–Crippen LogP) is 3.01. The highest BCUT2D eigenvalue weighted by molar-refractivity contribution is 5.43. The first-order valence-electron chi connectivity index (χ1n) is 6.43. The summed E-state index contributed by atoms with van der Waals surface area (Å²) < 4.78 is 11.1. The Labute approximate surface area is 110 Å². The molecule has 2 N–H and O–H groups in total. The molecule has 0 bridgehead atoms. The zero-order valence-electron chi connectivity index (χ0n) is 12.1. The molecule has 102 valence electrons. The molecule has 0 aliphatic carbocycles. The van der Waals surface area contributed by atoms with E-state index in [4.69, 9.17) is 15.2 Å². The summed E-state index contributed by atoms with van der Waals surface area (Å²) in [5.74, 6) is 1.53. The van der Waals surface area contributed by atoms with Gasteiger partial charge < -0.3 is 15.2 Å². The fraction of sp³-hybridized carbons (Fsp3) is 0.600. The van der Waals surface area contributed by atoms with Gasteiger partial charge in [-0.05, 0) is 29.5 Å². The van der Waals surface area contributed by atoms with Gasteiger partial charge in [0.1, 0.15) is 6.61 Å². The predicted molar refractivity (Wildman–Crippen MR) is 75.3 cm³/mol.